The van der Waals surface area contributed by atoms with Gasteiger partial charge in [-0.1, -0.05) is 23.7 Å². The molecule has 1 N–H and O–H groups in total. The van der Waals surface area contributed by atoms with E-state index in [0.717, 1.165) is 0 Å². The van der Waals surface area contributed by atoms with Gasteiger partial charge in [0.1, 0.15) is 5.41 Å². The standard InChI is InChI=1S/C12H12ClNO2/c13-10-3-1-2-9(6-10)11(15)12(7-14)4-5-16-8-12/h1-3,6,11,15H,4-5,8H2. The van der Waals surface area contributed by atoms with Gasteiger partial charge in [0, 0.05) is 11.6 Å². The van der Waals surface area contributed by atoms with Crippen LogP contribution in [0.5, 0.6) is 0 Å². The zero-order chi connectivity index (χ0) is 11.6. The van der Waals surface area contributed by atoms with E-state index in [1.807, 2.05) is 0 Å². The van der Waals surface area contributed by atoms with Gasteiger partial charge >= 0.3 is 0 Å². The number of nitriles is 1. The molecule has 1 saturated heterocycles. The van der Waals surface area contributed by atoms with Gasteiger partial charge in [0.2, 0.25) is 0 Å². The van der Waals surface area contributed by atoms with Gasteiger partial charge in [-0.25, -0.2) is 0 Å². The molecule has 0 amide bonds. The van der Waals surface area contributed by atoms with E-state index in [1.165, 1.54) is 0 Å². The first-order chi connectivity index (χ1) is 7.68. The van der Waals surface area contributed by atoms with Crippen LogP contribution < -0.4 is 0 Å². The van der Waals surface area contributed by atoms with E-state index in [4.69, 9.17) is 16.3 Å². The molecule has 2 unspecified atom stereocenters. The van der Waals surface area contributed by atoms with Crippen LogP contribution in [0, 0.1) is 16.7 Å². The Morgan fingerprint density at radius 3 is 2.94 bits per heavy atom. The Balaban J connectivity index is 2.31. The summed E-state index contributed by atoms with van der Waals surface area (Å²) in [5, 5.41) is 20.0. The molecule has 84 valence electrons. The minimum Gasteiger partial charge on any atom is -0.387 e. The van der Waals surface area contributed by atoms with Gasteiger partial charge < -0.3 is 9.84 Å². The van der Waals surface area contributed by atoms with Crippen LogP contribution in [0.25, 0.3) is 0 Å². The summed E-state index contributed by atoms with van der Waals surface area (Å²) < 4.78 is 5.21. The maximum absolute atomic E-state index is 10.2. The van der Waals surface area contributed by atoms with Crippen LogP contribution in [0.1, 0.15) is 18.1 Å². The molecule has 0 aromatic heterocycles. The van der Waals surface area contributed by atoms with E-state index >= 15 is 0 Å². The highest BCUT2D eigenvalue weighted by molar-refractivity contribution is 6.30. The van der Waals surface area contributed by atoms with Crippen LogP contribution >= 0.6 is 11.6 Å². The van der Waals surface area contributed by atoms with Crippen molar-refractivity contribution >= 4 is 11.6 Å². The topological polar surface area (TPSA) is 53.2 Å². The normalized spacial score (nSPS) is 26.3. The summed E-state index contributed by atoms with van der Waals surface area (Å²) in [5.74, 6) is 0. The number of rotatable bonds is 2. The number of halogens is 1. The van der Waals surface area contributed by atoms with E-state index in [2.05, 4.69) is 6.07 Å². The van der Waals surface area contributed by atoms with Gasteiger partial charge in [-0.15, -0.1) is 0 Å². The van der Waals surface area contributed by atoms with E-state index in [1.54, 1.807) is 24.3 Å². The predicted molar refractivity (Wildman–Crippen MR) is 59.9 cm³/mol. The van der Waals surface area contributed by atoms with Crippen LogP contribution in [0.3, 0.4) is 0 Å². The molecule has 1 aromatic carbocycles. The number of hydrogen-bond acceptors (Lipinski definition) is 3. The Hall–Kier alpha value is -1.08. The van der Waals surface area contributed by atoms with Crippen LogP contribution in [0.15, 0.2) is 24.3 Å². The van der Waals surface area contributed by atoms with Crippen LogP contribution in [0.2, 0.25) is 5.02 Å². The Bertz CT molecular complexity index is 421. The van der Waals surface area contributed by atoms with Crippen molar-refractivity contribution in [2.24, 2.45) is 5.41 Å². The number of aliphatic hydroxyl groups excluding tert-OH is 1. The van der Waals surface area contributed by atoms with Crippen LogP contribution in [-0.2, 0) is 4.74 Å². The van der Waals surface area contributed by atoms with Crippen molar-refractivity contribution in [3.63, 3.8) is 0 Å². The third-order valence-electron chi connectivity index (χ3n) is 2.96. The number of aliphatic hydroxyl groups is 1. The lowest BCUT2D eigenvalue weighted by molar-refractivity contribution is 0.0504. The second-order valence-corrected chi connectivity index (χ2v) is 4.46. The van der Waals surface area contributed by atoms with Crippen molar-refractivity contribution < 1.29 is 9.84 Å². The highest BCUT2D eigenvalue weighted by atomic mass is 35.5. The zero-order valence-electron chi connectivity index (χ0n) is 8.69. The van der Waals surface area contributed by atoms with Crippen molar-refractivity contribution in [2.75, 3.05) is 13.2 Å². The lowest BCUT2D eigenvalue weighted by Crippen LogP contribution is -2.27. The molecule has 16 heavy (non-hydrogen) atoms. The summed E-state index contributed by atoms with van der Waals surface area (Å²) in [7, 11) is 0. The summed E-state index contributed by atoms with van der Waals surface area (Å²) in [5.41, 5.74) is -0.162. The molecule has 2 rings (SSSR count). The smallest absolute Gasteiger partial charge is 0.113 e. The van der Waals surface area contributed by atoms with E-state index in [-0.39, 0.29) is 6.61 Å². The third kappa shape index (κ3) is 1.92. The van der Waals surface area contributed by atoms with E-state index < -0.39 is 11.5 Å². The Morgan fingerprint density at radius 2 is 2.38 bits per heavy atom. The molecule has 1 aromatic rings. The molecule has 1 fully saturated rings. The Morgan fingerprint density at radius 1 is 1.56 bits per heavy atom. The first-order valence-electron chi connectivity index (χ1n) is 5.10. The second-order valence-electron chi connectivity index (χ2n) is 4.03. The maximum Gasteiger partial charge on any atom is 0.113 e. The SMILES string of the molecule is N#CC1(C(O)c2cccc(Cl)c2)CCOC1. The summed E-state index contributed by atoms with van der Waals surface area (Å²) >= 11 is 5.86. The van der Waals surface area contributed by atoms with Crippen molar-refractivity contribution in [3.05, 3.63) is 34.9 Å². The number of ether oxygens (including phenoxy) is 1. The molecule has 1 heterocycles. The summed E-state index contributed by atoms with van der Waals surface area (Å²) in [6.07, 6.45) is -0.296. The first-order valence-corrected chi connectivity index (χ1v) is 5.48. The fourth-order valence-electron chi connectivity index (χ4n) is 1.94. The van der Waals surface area contributed by atoms with Gasteiger partial charge in [-0.05, 0) is 24.1 Å². The molecular formula is C12H12ClNO2. The molecule has 1 aliphatic heterocycles. The quantitative estimate of drug-likeness (QED) is 0.859. The summed E-state index contributed by atoms with van der Waals surface area (Å²) in [4.78, 5) is 0. The zero-order valence-corrected chi connectivity index (χ0v) is 9.44. The van der Waals surface area contributed by atoms with Gasteiger partial charge in [0.25, 0.3) is 0 Å². The number of nitrogens with zero attached hydrogens (tertiary/aromatic N) is 1. The fraction of sp³-hybridized carbons (Fsp3) is 0.417. The third-order valence-corrected chi connectivity index (χ3v) is 3.20. The van der Waals surface area contributed by atoms with E-state index in [0.29, 0.717) is 23.6 Å². The molecule has 0 bridgehead atoms. The average Bonchev–Trinajstić information content (AvgIpc) is 2.78. The second kappa shape index (κ2) is 4.42. The monoisotopic (exact) mass is 237 g/mol. The molecule has 4 heteroatoms. The molecule has 0 aliphatic carbocycles. The highest BCUT2D eigenvalue weighted by Gasteiger charge is 2.43. The average molecular weight is 238 g/mol. The van der Waals surface area contributed by atoms with Gasteiger partial charge in [0.15, 0.2) is 0 Å². The highest BCUT2D eigenvalue weighted by Crippen LogP contribution is 2.40. The van der Waals surface area contributed by atoms with Crippen LogP contribution in [-0.4, -0.2) is 18.3 Å². The Kier molecular flexibility index (Phi) is 3.15. The van der Waals surface area contributed by atoms with Crippen molar-refractivity contribution in [1.82, 2.24) is 0 Å². The first kappa shape index (κ1) is 11.4. The maximum atomic E-state index is 10.2. The van der Waals surface area contributed by atoms with Gasteiger partial charge in [-0.2, -0.15) is 5.26 Å². The van der Waals surface area contributed by atoms with Crippen molar-refractivity contribution in [2.45, 2.75) is 12.5 Å². The summed E-state index contributed by atoms with van der Waals surface area (Å²) in [6, 6.07) is 9.14. The van der Waals surface area contributed by atoms with Crippen molar-refractivity contribution in [3.8, 4) is 6.07 Å². The molecule has 0 spiro atoms. The molecule has 0 saturated carbocycles. The van der Waals surface area contributed by atoms with Gasteiger partial charge in [-0.3, -0.25) is 0 Å². The van der Waals surface area contributed by atoms with E-state index in [9.17, 15) is 10.4 Å². The molecule has 3 nitrogen and oxygen atoms in total. The molecule has 0 radical (unpaired) electrons. The fourth-order valence-corrected chi connectivity index (χ4v) is 2.14. The lowest BCUT2D eigenvalue weighted by Gasteiger charge is -2.25. The molecular weight excluding hydrogens is 226 g/mol. The predicted octanol–water partition coefficient (Wildman–Crippen LogP) is 2.30. The minimum atomic E-state index is -0.848. The Labute approximate surface area is 99.2 Å². The van der Waals surface area contributed by atoms with Crippen molar-refractivity contribution in [1.29, 1.82) is 5.26 Å². The number of hydrogen-bond donors (Lipinski definition) is 1. The van der Waals surface area contributed by atoms with Gasteiger partial charge in [0.05, 0.1) is 18.8 Å². The molecule has 2 atom stereocenters. The summed E-state index contributed by atoms with van der Waals surface area (Å²) in [6.45, 7) is 0.794. The molecule has 1 aliphatic rings. The number of benzene rings is 1. The largest absolute Gasteiger partial charge is 0.387 e. The van der Waals surface area contributed by atoms with Crippen LogP contribution in [0.4, 0.5) is 0 Å². The minimum absolute atomic E-state index is 0.275. The lowest BCUT2D eigenvalue weighted by atomic mass is 9.80.